The van der Waals surface area contributed by atoms with Crippen molar-refractivity contribution in [1.82, 2.24) is 0 Å². The molecule has 1 amide bonds. The topological polar surface area (TPSA) is 93.8 Å². The van der Waals surface area contributed by atoms with E-state index in [1.54, 1.807) is 13.2 Å². The molecule has 1 aliphatic carbocycles. The lowest BCUT2D eigenvalue weighted by Gasteiger charge is -2.46. The molecule has 0 aliphatic heterocycles. The highest BCUT2D eigenvalue weighted by Crippen LogP contribution is 2.46. The number of hydrogen-bond donors (Lipinski definition) is 3. The summed E-state index contributed by atoms with van der Waals surface area (Å²) in [6, 6.07) is 5.48. The van der Waals surface area contributed by atoms with Gasteiger partial charge in [-0.25, -0.2) is 4.79 Å². The average Bonchev–Trinajstić information content (AvgIpc) is 2.41. The minimum Gasteiger partial charge on any atom is -0.497 e. The standard InChI is InChI=1S/C17H26N2O4/c1-16(2,3)23-15(21)19-14-7-12(22-4)5-6-13(14)17(10-18)8-11(20)9-17/h5-7,11,20H,8-10,18H2,1-4H3,(H,19,21). The zero-order valence-electron chi connectivity index (χ0n) is 14.2. The minimum atomic E-state index is -0.582. The number of methoxy groups -OCH3 is 1. The number of amides is 1. The van der Waals surface area contributed by atoms with E-state index in [1.165, 1.54) is 0 Å². The summed E-state index contributed by atoms with van der Waals surface area (Å²) in [7, 11) is 1.57. The molecule has 0 atom stereocenters. The van der Waals surface area contributed by atoms with Gasteiger partial charge in [0.25, 0.3) is 0 Å². The molecule has 0 saturated heterocycles. The lowest BCUT2D eigenvalue weighted by molar-refractivity contribution is 0.0224. The lowest BCUT2D eigenvalue weighted by Crippen LogP contribution is -2.50. The van der Waals surface area contributed by atoms with Crippen molar-refractivity contribution < 1.29 is 19.4 Å². The fraction of sp³-hybridized carbons (Fsp3) is 0.588. The predicted molar refractivity (Wildman–Crippen MR) is 88.8 cm³/mol. The van der Waals surface area contributed by atoms with E-state index in [4.69, 9.17) is 15.2 Å². The maximum Gasteiger partial charge on any atom is 0.412 e. The van der Waals surface area contributed by atoms with Crippen molar-refractivity contribution >= 4 is 11.8 Å². The van der Waals surface area contributed by atoms with E-state index in [2.05, 4.69) is 5.32 Å². The van der Waals surface area contributed by atoms with Gasteiger partial charge >= 0.3 is 6.09 Å². The van der Waals surface area contributed by atoms with Gasteiger partial charge in [-0.3, -0.25) is 5.32 Å². The highest BCUT2D eigenvalue weighted by molar-refractivity contribution is 5.86. The van der Waals surface area contributed by atoms with Crippen LogP contribution in [0.15, 0.2) is 18.2 Å². The Bertz CT molecular complexity index is 574. The van der Waals surface area contributed by atoms with Crippen molar-refractivity contribution in [2.45, 2.75) is 50.7 Å². The molecule has 1 fully saturated rings. The summed E-state index contributed by atoms with van der Waals surface area (Å²) in [5.74, 6) is 0.631. The largest absolute Gasteiger partial charge is 0.497 e. The molecule has 1 aromatic rings. The van der Waals surface area contributed by atoms with E-state index in [0.717, 1.165) is 5.56 Å². The Morgan fingerprint density at radius 1 is 1.43 bits per heavy atom. The van der Waals surface area contributed by atoms with Gasteiger partial charge in [-0.2, -0.15) is 0 Å². The molecule has 4 N–H and O–H groups in total. The van der Waals surface area contributed by atoms with Crippen LogP contribution in [-0.4, -0.2) is 36.6 Å². The summed E-state index contributed by atoms with van der Waals surface area (Å²) in [5.41, 5.74) is 6.55. The molecule has 6 heteroatoms. The number of ether oxygens (including phenoxy) is 2. The van der Waals surface area contributed by atoms with Gasteiger partial charge in [-0.15, -0.1) is 0 Å². The molecular weight excluding hydrogens is 296 g/mol. The van der Waals surface area contributed by atoms with Gasteiger partial charge in [0.05, 0.1) is 18.9 Å². The van der Waals surface area contributed by atoms with Gasteiger partial charge in [0.1, 0.15) is 11.4 Å². The summed E-state index contributed by atoms with van der Waals surface area (Å²) in [4.78, 5) is 12.1. The second-order valence-electron chi connectivity index (χ2n) is 7.08. The van der Waals surface area contributed by atoms with Crippen LogP contribution in [0.3, 0.4) is 0 Å². The molecule has 128 valence electrons. The van der Waals surface area contributed by atoms with Crippen LogP contribution in [0.2, 0.25) is 0 Å². The fourth-order valence-corrected chi connectivity index (χ4v) is 2.97. The Morgan fingerprint density at radius 2 is 2.09 bits per heavy atom. The molecule has 1 saturated carbocycles. The Morgan fingerprint density at radius 3 is 2.57 bits per heavy atom. The van der Waals surface area contributed by atoms with Crippen molar-refractivity contribution in [3.8, 4) is 5.75 Å². The third-order valence-electron chi connectivity index (χ3n) is 4.08. The number of aliphatic hydroxyl groups is 1. The summed E-state index contributed by atoms with van der Waals surface area (Å²) in [6.07, 6.45) is 0.284. The SMILES string of the molecule is COc1ccc(C2(CN)CC(O)C2)c(NC(=O)OC(C)(C)C)c1. The van der Waals surface area contributed by atoms with Gasteiger partial charge in [-0.05, 0) is 45.2 Å². The molecule has 23 heavy (non-hydrogen) atoms. The van der Waals surface area contributed by atoms with Crippen LogP contribution in [0.5, 0.6) is 5.75 Å². The highest BCUT2D eigenvalue weighted by Gasteiger charge is 2.45. The first-order chi connectivity index (χ1) is 10.7. The van der Waals surface area contributed by atoms with Gasteiger partial charge in [0.15, 0.2) is 0 Å². The second kappa shape index (κ2) is 6.37. The van der Waals surface area contributed by atoms with Gasteiger partial charge in [0.2, 0.25) is 0 Å². The average molecular weight is 322 g/mol. The number of nitrogens with two attached hydrogens (primary N) is 1. The lowest BCUT2D eigenvalue weighted by atomic mass is 9.62. The number of carbonyl (C=O) groups excluding carboxylic acids is 1. The molecular formula is C17H26N2O4. The maximum atomic E-state index is 12.1. The van der Waals surface area contributed by atoms with Gasteiger partial charge in [-0.1, -0.05) is 6.07 Å². The maximum absolute atomic E-state index is 12.1. The Labute approximate surface area is 137 Å². The molecule has 0 spiro atoms. The molecule has 1 aromatic carbocycles. The van der Waals surface area contributed by atoms with E-state index in [1.807, 2.05) is 32.9 Å². The van der Waals surface area contributed by atoms with Crippen molar-refractivity contribution in [2.24, 2.45) is 5.73 Å². The van der Waals surface area contributed by atoms with Crippen molar-refractivity contribution in [2.75, 3.05) is 19.0 Å². The van der Waals surface area contributed by atoms with E-state index in [-0.39, 0.29) is 11.5 Å². The Balaban J connectivity index is 2.31. The molecule has 0 aromatic heterocycles. The van der Waals surface area contributed by atoms with E-state index < -0.39 is 11.7 Å². The van der Waals surface area contributed by atoms with Crippen molar-refractivity contribution in [1.29, 1.82) is 0 Å². The van der Waals surface area contributed by atoms with Gasteiger partial charge < -0.3 is 20.3 Å². The van der Waals surface area contributed by atoms with Crippen molar-refractivity contribution in [3.63, 3.8) is 0 Å². The quantitative estimate of drug-likeness (QED) is 0.791. The fourth-order valence-electron chi connectivity index (χ4n) is 2.97. The summed E-state index contributed by atoms with van der Waals surface area (Å²) < 4.78 is 10.6. The smallest absolute Gasteiger partial charge is 0.412 e. The molecule has 6 nitrogen and oxygen atoms in total. The summed E-state index contributed by atoms with van der Waals surface area (Å²) in [6.45, 7) is 5.83. The number of nitrogens with one attached hydrogen (secondary N) is 1. The predicted octanol–water partition coefficient (Wildman–Crippen LogP) is 2.39. The first-order valence-electron chi connectivity index (χ1n) is 7.76. The first kappa shape index (κ1) is 17.6. The molecule has 0 radical (unpaired) electrons. The third-order valence-corrected chi connectivity index (χ3v) is 4.08. The van der Waals surface area contributed by atoms with Crippen LogP contribution in [-0.2, 0) is 10.2 Å². The normalized spacial score (nSPS) is 23.8. The van der Waals surface area contributed by atoms with Crippen LogP contribution < -0.4 is 15.8 Å². The molecule has 0 bridgehead atoms. The number of aliphatic hydroxyl groups excluding tert-OH is 1. The Hall–Kier alpha value is -1.79. The number of carbonyl (C=O) groups is 1. The highest BCUT2D eigenvalue weighted by atomic mass is 16.6. The van der Waals surface area contributed by atoms with E-state index >= 15 is 0 Å². The third kappa shape index (κ3) is 3.95. The zero-order valence-corrected chi connectivity index (χ0v) is 14.2. The number of anilines is 1. The second-order valence-corrected chi connectivity index (χ2v) is 7.08. The number of hydrogen-bond acceptors (Lipinski definition) is 5. The van der Waals surface area contributed by atoms with Crippen LogP contribution in [0.4, 0.5) is 10.5 Å². The minimum absolute atomic E-state index is 0.323. The number of benzene rings is 1. The summed E-state index contributed by atoms with van der Waals surface area (Å²) in [5, 5.41) is 12.5. The molecule has 0 unspecified atom stereocenters. The molecule has 2 rings (SSSR count). The van der Waals surface area contributed by atoms with Crippen molar-refractivity contribution in [3.05, 3.63) is 23.8 Å². The van der Waals surface area contributed by atoms with E-state index in [9.17, 15) is 9.90 Å². The van der Waals surface area contributed by atoms with Crippen LogP contribution in [0.25, 0.3) is 0 Å². The van der Waals surface area contributed by atoms with E-state index in [0.29, 0.717) is 30.8 Å². The Kier molecular flexibility index (Phi) is 4.87. The van der Waals surface area contributed by atoms with Crippen LogP contribution >= 0.6 is 0 Å². The van der Waals surface area contributed by atoms with Gasteiger partial charge in [0, 0.05) is 18.0 Å². The monoisotopic (exact) mass is 322 g/mol. The molecule has 1 aliphatic rings. The molecule has 0 heterocycles. The number of rotatable bonds is 4. The van der Waals surface area contributed by atoms with Crippen LogP contribution in [0, 0.1) is 0 Å². The van der Waals surface area contributed by atoms with Crippen LogP contribution in [0.1, 0.15) is 39.2 Å². The summed E-state index contributed by atoms with van der Waals surface area (Å²) >= 11 is 0. The first-order valence-corrected chi connectivity index (χ1v) is 7.76. The zero-order chi connectivity index (χ0) is 17.3.